The summed E-state index contributed by atoms with van der Waals surface area (Å²) in [6.45, 7) is 1.72. The van der Waals surface area contributed by atoms with Gasteiger partial charge in [-0.15, -0.1) is 0 Å². The van der Waals surface area contributed by atoms with Crippen molar-refractivity contribution in [2.75, 3.05) is 0 Å². The van der Waals surface area contributed by atoms with E-state index in [1.807, 2.05) is 30.3 Å². The first-order valence-corrected chi connectivity index (χ1v) is 9.07. The van der Waals surface area contributed by atoms with Gasteiger partial charge in [0.15, 0.2) is 0 Å². The summed E-state index contributed by atoms with van der Waals surface area (Å²) in [5, 5.41) is 18.8. The van der Waals surface area contributed by atoms with Crippen LogP contribution in [0.15, 0.2) is 66.7 Å². The van der Waals surface area contributed by atoms with Gasteiger partial charge >= 0.3 is 11.9 Å². The first-order chi connectivity index (χ1) is 13.7. The van der Waals surface area contributed by atoms with Crippen LogP contribution in [0.25, 0.3) is 0 Å². The molecule has 0 saturated carbocycles. The van der Waals surface area contributed by atoms with E-state index in [0.29, 0.717) is 12.2 Å². The van der Waals surface area contributed by atoms with E-state index in [-0.39, 0.29) is 11.4 Å². The normalized spacial score (nSPS) is 15.0. The zero-order chi connectivity index (χ0) is 21.4. The highest BCUT2D eigenvalue weighted by Gasteiger charge is 2.40. The number of aliphatic carboxylic acids is 2. The van der Waals surface area contributed by atoms with Gasteiger partial charge < -0.3 is 21.3 Å². The number of carboxylic acid groups (broad SMARTS) is 2. The van der Waals surface area contributed by atoms with Crippen molar-refractivity contribution in [3.63, 3.8) is 0 Å². The molecule has 2 aromatic carbocycles. The molecule has 0 aromatic heterocycles. The summed E-state index contributed by atoms with van der Waals surface area (Å²) < 4.78 is 0. The maximum atomic E-state index is 12.2. The summed E-state index contributed by atoms with van der Waals surface area (Å²) in [6, 6.07) is 18.0. The molecule has 0 radical (unpaired) electrons. The number of hydrogen-bond donors (Lipinski definition) is 4. The minimum atomic E-state index is -1.26. The number of benzene rings is 2. The van der Waals surface area contributed by atoms with Gasteiger partial charge in [0.1, 0.15) is 0 Å². The van der Waals surface area contributed by atoms with Crippen molar-refractivity contribution < 1.29 is 24.6 Å². The van der Waals surface area contributed by atoms with E-state index in [2.05, 4.69) is 29.6 Å². The standard InChI is InChI=1S/C18H20N2O.C4H4O4/c1-13(19)17(21)20-18(16-9-3-2-4-10-16)11-14-7-5-6-8-15(14)12-18;5-3(6)1-2-4(7)8/h2-10,13H,11-12,19H2,1H3,(H,20,21);1-2H,(H,5,6)(H,7,8)/t13-;/m0./s1. The van der Waals surface area contributed by atoms with Gasteiger partial charge in [0, 0.05) is 25.0 Å². The van der Waals surface area contributed by atoms with E-state index < -0.39 is 18.0 Å². The van der Waals surface area contributed by atoms with Crippen molar-refractivity contribution in [1.29, 1.82) is 0 Å². The Morgan fingerprint density at radius 2 is 1.38 bits per heavy atom. The number of amides is 1. The smallest absolute Gasteiger partial charge is 0.328 e. The van der Waals surface area contributed by atoms with Gasteiger partial charge in [-0.2, -0.15) is 0 Å². The molecule has 0 heterocycles. The minimum Gasteiger partial charge on any atom is -0.478 e. The van der Waals surface area contributed by atoms with E-state index in [4.69, 9.17) is 15.9 Å². The van der Waals surface area contributed by atoms with Crippen LogP contribution in [0, 0.1) is 0 Å². The Hall–Kier alpha value is -3.45. The summed E-state index contributed by atoms with van der Waals surface area (Å²) in [6.07, 6.45) is 2.74. The van der Waals surface area contributed by atoms with Gasteiger partial charge in [0.05, 0.1) is 11.6 Å². The van der Waals surface area contributed by atoms with Crippen molar-refractivity contribution in [1.82, 2.24) is 5.32 Å². The van der Waals surface area contributed by atoms with E-state index >= 15 is 0 Å². The van der Waals surface area contributed by atoms with Gasteiger partial charge in [-0.3, -0.25) is 4.79 Å². The fraction of sp³-hybridized carbons (Fsp3) is 0.227. The van der Waals surface area contributed by atoms with Crippen molar-refractivity contribution in [3.05, 3.63) is 83.4 Å². The second-order valence-electron chi connectivity index (χ2n) is 6.86. The minimum absolute atomic E-state index is 0.105. The molecule has 0 saturated heterocycles. The van der Waals surface area contributed by atoms with Crippen LogP contribution < -0.4 is 11.1 Å². The number of rotatable bonds is 5. The van der Waals surface area contributed by atoms with E-state index in [1.54, 1.807) is 6.92 Å². The van der Waals surface area contributed by atoms with Crippen LogP contribution in [0.5, 0.6) is 0 Å². The van der Waals surface area contributed by atoms with Crippen LogP contribution in [0.4, 0.5) is 0 Å². The van der Waals surface area contributed by atoms with E-state index in [9.17, 15) is 14.4 Å². The Labute approximate surface area is 168 Å². The third-order valence-electron chi connectivity index (χ3n) is 4.57. The maximum Gasteiger partial charge on any atom is 0.328 e. The predicted molar refractivity (Wildman–Crippen MR) is 108 cm³/mol. The van der Waals surface area contributed by atoms with Crippen molar-refractivity contribution in [2.24, 2.45) is 5.73 Å². The molecular formula is C22H24N2O5. The summed E-state index contributed by atoms with van der Waals surface area (Å²) in [5.41, 5.74) is 9.09. The van der Waals surface area contributed by atoms with Crippen molar-refractivity contribution >= 4 is 17.8 Å². The third-order valence-corrected chi connectivity index (χ3v) is 4.57. The Morgan fingerprint density at radius 1 is 0.931 bits per heavy atom. The average Bonchev–Trinajstić information content (AvgIpc) is 3.06. The fourth-order valence-corrected chi connectivity index (χ4v) is 3.23. The highest BCUT2D eigenvalue weighted by Crippen LogP contribution is 2.37. The third kappa shape index (κ3) is 6.02. The van der Waals surface area contributed by atoms with Crippen LogP contribution in [-0.2, 0) is 32.8 Å². The van der Waals surface area contributed by atoms with E-state index in [1.165, 1.54) is 11.1 Å². The molecule has 3 rings (SSSR count). The van der Waals surface area contributed by atoms with Crippen molar-refractivity contribution in [3.8, 4) is 0 Å². The quantitative estimate of drug-likeness (QED) is 0.571. The Bertz CT molecular complexity index is 865. The Morgan fingerprint density at radius 3 is 1.79 bits per heavy atom. The monoisotopic (exact) mass is 396 g/mol. The number of carboxylic acids is 2. The number of carbonyl (C=O) groups is 3. The second-order valence-corrected chi connectivity index (χ2v) is 6.86. The molecule has 1 amide bonds. The predicted octanol–water partition coefficient (Wildman–Crippen LogP) is 1.86. The molecule has 0 fully saturated rings. The molecule has 7 heteroatoms. The molecule has 152 valence electrons. The first kappa shape index (κ1) is 21.8. The molecule has 0 unspecified atom stereocenters. The summed E-state index contributed by atoms with van der Waals surface area (Å²) >= 11 is 0. The molecule has 0 aliphatic heterocycles. The van der Waals surface area contributed by atoms with E-state index in [0.717, 1.165) is 18.4 Å². The molecular weight excluding hydrogens is 372 g/mol. The molecule has 1 aliphatic rings. The lowest BCUT2D eigenvalue weighted by molar-refractivity contribution is -0.134. The largest absolute Gasteiger partial charge is 0.478 e. The second kappa shape index (κ2) is 9.66. The summed E-state index contributed by atoms with van der Waals surface area (Å²) in [5.74, 6) is -2.62. The topological polar surface area (TPSA) is 130 Å². The average molecular weight is 396 g/mol. The molecule has 29 heavy (non-hydrogen) atoms. The number of nitrogens with two attached hydrogens (primary N) is 1. The van der Waals surface area contributed by atoms with Gasteiger partial charge in [0.25, 0.3) is 0 Å². The number of fused-ring (bicyclic) bond motifs is 1. The van der Waals surface area contributed by atoms with Gasteiger partial charge in [-0.05, 0) is 23.6 Å². The van der Waals surface area contributed by atoms with Gasteiger partial charge in [0.2, 0.25) is 5.91 Å². The van der Waals surface area contributed by atoms with Crippen LogP contribution >= 0.6 is 0 Å². The molecule has 1 atom stereocenters. The van der Waals surface area contributed by atoms with Gasteiger partial charge in [-0.1, -0.05) is 54.6 Å². The molecule has 0 bridgehead atoms. The highest BCUT2D eigenvalue weighted by atomic mass is 16.4. The fourth-order valence-electron chi connectivity index (χ4n) is 3.23. The van der Waals surface area contributed by atoms with Gasteiger partial charge in [-0.25, -0.2) is 9.59 Å². The first-order valence-electron chi connectivity index (χ1n) is 9.07. The number of nitrogens with one attached hydrogen (secondary N) is 1. The lowest BCUT2D eigenvalue weighted by Crippen LogP contribution is -2.51. The zero-order valence-corrected chi connectivity index (χ0v) is 16.0. The lowest BCUT2D eigenvalue weighted by atomic mass is 9.86. The molecule has 7 nitrogen and oxygen atoms in total. The molecule has 1 aliphatic carbocycles. The Balaban J connectivity index is 0.000000321. The van der Waals surface area contributed by atoms with Crippen LogP contribution in [0.1, 0.15) is 23.6 Å². The molecule has 5 N–H and O–H groups in total. The summed E-state index contributed by atoms with van der Waals surface area (Å²) in [4.78, 5) is 31.3. The highest BCUT2D eigenvalue weighted by molar-refractivity contribution is 5.89. The van der Waals surface area contributed by atoms with Crippen LogP contribution in [0.2, 0.25) is 0 Å². The lowest BCUT2D eigenvalue weighted by Gasteiger charge is -2.32. The van der Waals surface area contributed by atoms with Crippen molar-refractivity contribution in [2.45, 2.75) is 31.3 Å². The number of hydrogen-bond acceptors (Lipinski definition) is 4. The van der Waals surface area contributed by atoms with Crippen LogP contribution in [-0.4, -0.2) is 34.1 Å². The molecule has 0 spiro atoms. The maximum absolute atomic E-state index is 12.2. The summed E-state index contributed by atoms with van der Waals surface area (Å²) in [7, 11) is 0. The molecule has 2 aromatic rings. The Kier molecular flexibility index (Phi) is 7.27. The SMILES string of the molecule is C[C@H](N)C(=O)NC1(c2ccccc2)Cc2ccccc2C1.O=C(O)C=CC(=O)O. The number of carbonyl (C=O) groups excluding carboxylic acids is 1. The zero-order valence-electron chi connectivity index (χ0n) is 16.0. The van der Waals surface area contributed by atoms with Crippen LogP contribution in [0.3, 0.4) is 0 Å².